The van der Waals surface area contributed by atoms with E-state index in [0.29, 0.717) is 11.7 Å². The lowest BCUT2D eigenvalue weighted by molar-refractivity contribution is -0.120. The average molecular weight is 1240 g/mol. The summed E-state index contributed by atoms with van der Waals surface area (Å²) in [7, 11) is 16.2. The Morgan fingerprint density at radius 2 is 0.633 bits per heavy atom. The number of hydrogen-bond donors (Lipinski definition) is 0. The molecule has 4 heterocycles. The molecule has 9 nitrogen and oxygen atoms in total. The van der Waals surface area contributed by atoms with Crippen LogP contribution in [0.1, 0.15) is 191 Å². The molecular formula is C81H142N8O. The quantitative estimate of drug-likeness (QED) is 0.0622. The summed E-state index contributed by atoms with van der Waals surface area (Å²) in [5, 5.41) is 0. The van der Waals surface area contributed by atoms with Gasteiger partial charge in [-0.25, -0.2) is 0 Å². The fraction of sp³-hybridized carbons (Fsp3) is 0.568. The van der Waals surface area contributed by atoms with Crippen LogP contribution in [0.15, 0.2) is 208 Å². The molecule has 5 aliphatic rings. The van der Waals surface area contributed by atoms with E-state index in [4.69, 9.17) is 0 Å². The van der Waals surface area contributed by atoms with Crippen LogP contribution >= 0.6 is 0 Å². The van der Waals surface area contributed by atoms with Gasteiger partial charge in [-0.15, -0.1) is 0 Å². The molecule has 0 radical (unpaired) electrons. The van der Waals surface area contributed by atoms with Gasteiger partial charge in [-0.2, -0.15) is 0 Å². The second kappa shape index (κ2) is 68.6. The lowest BCUT2D eigenvalue weighted by Crippen LogP contribution is -2.17. The Kier molecular flexibility index (Phi) is 68.6. The molecule has 0 aromatic rings. The Hall–Kier alpha value is -6.35. The van der Waals surface area contributed by atoms with Crippen LogP contribution in [0.3, 0.4) is 0 Å². The van der Waals surface area contributed by atoms with Gasteiger partial charge in [0.2, 0.25) is 0 Å². The highest BCUT2D eigenvalue weighted by Gasteiger charge is 2.22. The van der Waals surface area contributed by atoms with Crippen LogP contribution in [0.4, 0.5) is 0 Å². The van der Waals surface area contributed by atoms with Crippen molar-refractivity contribution >= 4 is 5.78 Å². The summed E-state index contributed by atoms with van der Waals surface area (Å²) in [6.45, 7) is 43.6. The zero-order valence-electron chi connectivity index (χ0n) is 61.7. The van der Waals surface area contributed by atoms with Crippen LogP contribution in [0, 0.1) is 5.92 Å². The molecule has 0 spiro atoms. The molecule has 0 amide bonds. The molecule has 0 aromatic heterocycles. The summed E-state index contributed by atoms with van der Waals surface area (Å²) < 4.78 is 0. The van der Waals surface area contributed by atoms with E-state index >= 15 is 0 Å². The van der Waals surface area contributed by atoms with Crippen molar-refractivity contribution in [2.75, 3.05) is 109 Å². The second-order valence-corrected chi connectivity index (χ2v) is 23.6. The normalized spacial score (nSPS) is 16.6. The molecule has 90 heavy (non-hydrogen) atoms. The zero-order chi connectivity index (χ0) is 68.3. The Morgan fingerprint density at radius 1 is 0.344 bits per heavy atom. The van der Waals surface area contributed by atoms with Crippen molar-refractivity contribution in [1.82, 2.24) is 39.2 Å². The number of allylic oxidation sites excluding steroid dienone is 22. The maximum Gasteiger partial charge on any atom is 0.136 e. The van der Waals surface area contributed by atoms with Gasteiger partial charge in [0.15, 0.2) is 0 Å². The number of carbonyl (C=O) groups is 1. The van der Waals surface area contributed by atoms with Crippen molar-refractivity contribution in [2.24, 2.45) is 5.92 Å². The monoisotopic (exact) mass is 1240 g/mol. The molecule has 4 saturated heterocycles. The van der Waals surface area contributed by atoms with E-state index in [1.54, 1.807) is 0 Å². The summed E-state index contributed by atoms with van der Waals surface area (Å²) in [5.74, 6) is 0.828. The van der Waals surface area contributed by atoms with Gasteiger partial charge in [0, 0.05) is 144 Å². The third-order valence-electron chi connectivity index (χ3n) is 14.3. The van der Waals surface area contributed by atoms with Crippen molar-refractivity contribution in [3.8, 4) is 0 Å². The van der Waals surface area contributed by atoms with E-state index in [0.717, 1.165) is 103 Å². The Morgan fingerprint density at radius 3 is 0.900 bits per heavy atom. The number of unbranched alkanes of at least 4 members (excludes halogenated alkanes) is 2. The van der Waals surface area contributed by atoms with Gasteiger partial charge in [-0.1, -0.05) is 160 Å². The summed E-state index contributed by atoms with van der Waals surface area (Å²) in [4.78, 5) is 28.7. The smallest absolute Gasteiger partial charge is 0.136 e. The first-order valence-corrected chi connectivity index (χ1v) is 34.4. The number of Topliss-reactive ketones (excluding diaryl/α,β-unsaturated/α-hetero) is 1. The van der Waals surface area contributed by atoms with Gasteiger partial charge in [-0.05, 0) is 209 Å². The van der Waals surface area contributed by atoms with Crippen molar-refractivity contribution in [2.45, 2.75) is 191 Å². The minimum Gasteiger partial charge on any atom is -0.384 e. The van der Waals surface area contributed by atoms with Gasteiger partial charge in [0.05, 0.1) is 0 Å². The molecule has 1 aliphatic carbocycles. The third-order valence-corrected chi connectivity index (χ3v) is 14.3. The van der Waals surface area contributed by atoms with E-state index in [1.807, 2.05) is 93.0 Å². The van der Waals surface area contributed by atoms with Crippen molar-refractivity contribution in [3.05, 3.63) is 208 Å². The fourth-order valence-corrected chi connectivity index (χ4v) is 9.10. The molecule has 0 aromatic carbocycles. The maximum absolute atomic E-state index is 11.0. The molecule has 5 rings (SSSR count). The second-order valence-electron chi connectivity index (χ2n) is 23.6. The molecule has 9 heteroatoms. The van der Waals surface area contributed by atoms with Crippen molar-refractivity contribution in [3.63, 3.8) is 0 Å². The highest BCUT2D eigenvalue weighted by atomic mass is 16.1. The highest BCUT2D eigenvalue weighted by Crippen LogP contribution is 2.25. The number of ketones is 1. The molecule has 512 valence electrons. The first-order chi connectivity index (χ1) is 43.3. The number of rotatable bonds is 26. The van der Waals surface area contributed by atoms with Crippen LogP contribution in [0.25, 0.3) is 0 Å². The molecule has 4 aliphatic heterocycles. The lowest BCUT2D eigenvalue weighted by atomic mass is 10.0. The van der Waals surface area contributed by atoms with Crippen LogP contribution in [-0.4, -0.2) is 154 Å². The van der Waals surface area contributed by atoms with Gasteiger partial charge in [0.1, 0.15) is 5.78 Å². The average Bonchev–Trinajstić information content (AvgIpc) is 4.05. The topological polar surface area (TPSA) is 43.0 Å². The van der Waals surface area contributed by atoms with Gasteiger partial charge in [-0.3, -0.25) is 4.79 Å². The molecule has 1 atom stereocenters. The molecule has 1 unspecified atom stereocenters. The van der Waals surface area contributed by atoms with E-state index in [9.17, 15) is 4.79 Å². The minimum atomic E-state index is 0.358. The summed E-state index contributed by atoms with van der Waals surface area (Å²) >= 11 is 0. The van der Waals surface area contributed by atoms with Crippen molar-refractivity contribution in [1.29, 1.82) is 0 Å². The van der Waals surface area contributed by atoms with Crippen LogP contribution in [0.2, 0.25) is 0 Å². The van der Waals surface area contributed by atoms with Crippen LogP contribution < -0.4 is 0 Å². The fourth-order valence-electron chi connectivity index (χ4n) is 9.10. The van der Waals surface area contributed by atoms with E-state index in [-0.39, 0.29) is 0 Å². The number of likely N-dealkylation sites (tertiary alicyclic amines) is 4. The standard InChI is InChI=1S/2C10H17N.2C9H15N.2C9H17N.C9H14O.2C8H15N/c2*1-3-4-5-8-11-9-6-7-10(11)2;2*1-3-4-7-10-8-5-6-9(10)2;2*1-4-5-6-7-8-9-10(2)3;1-2-3-5-8-6-4-7-9(8)10;2*1-4-5-6-7-8-9(2)3/h2*3-4H,2,5-9H2,1H3;2*3-4H,2,5-8H2,1H3;2*4-5,8-9H,6-7H2,1-3H3;2-3,8H,4-7H2,1H3;2*4-5,7-8H,6H2,1-3H3. The largest absolute Gasteiger partial charge is 0.384 e. The molecule has 0 bridgehead atoms. The van der Waals surface area contributed by atoms with Gasteiger partial charge in [0.25, 0.3) is 0 Å². The summed E-state index contributed by atoms with van der Waals surface area (Å²) in [6, 6.07) is 0. The van der Waals surface area contributed by atoms with E-state index < -0.39 is 0 Å². The molecular weight excluding hydrogens is 1100 g/mol. The Bertz CT molecular complexity index is 1950. The maximum atomic E-state index is 11.0. The lowest BCUT2D eigenvalue weighted by Gasteiger charge is -2.17. The Labute approximate surface area is 559 Å². The zero-order valence-corrected chi connectivity index (χ0v) is 61.7. The third kappa shape index (κ3) is 63.2. The highest BCUT2D eigenvalue weighted by molar-refractivity contribution is 5.82. The minimum absolute atomic E-state index is 0.358. The summed E-state index contributed by atoms with van der Waals surface area (Å²) in [5.41, 5.74) is 5.26. The predicted octanol–water partition coefficient (Wildman–Crippen LogP) is 20.7. The van der Waals surface area contributed by atoms with Gasteiger partial charge < -0.3 is 39.2 Å². The SMILES string of the molecule is C=C1CCCN1CC=CC.C=C1CCCN1CC=CC.C=C1CCCN1CCC=CC.C=C1CCCN1CCC=CC.CC=CCC1CCCC1=O.CC=CCC=CN(C)C.CC=CCC=CN(C)C.CC=CCCC=CN(C)C.CC=CCCC=CN(C)C. The van der Waals surface area contributed by atoms with E-state index in [2.05, 4.69) is 250 Å². The van der Waals surface area contributed by atoms with Crippen LogP contribution in [0.5, 0.6) is 0 Å². The number of carbonyl (C=O) groups excluding carboxylic acids is 1. The first-order valence-electron chi connectivity index (χ1n) is 34.4. The Balaban J connectivity index is -0.000000463. The first kappa shape index (κ1) is 90.1. The molecule has 5 fully saturated rings. The number of nitrogens with zero attached hydrogens (tertiary/aromatic N) is 8. The summed E-state index contributed by atoms with van der Waals surface area (Å²) in [6.07, 6.45) is 78.1. The molecule has 1 saturated carbocycles. The predicted molar refractivity (Wildman–Crippen MR) is 408 cm³/mol. The van der Waals surface area contributed by atoms with E-state index in [1.165, 1.54) is 100 Å². The number of hydrogen-bond acceptors (Lipinski definition) is 9. The van der Waals surface area contributed by atoms with Crippen molar-refractivity contribution < 1.29 is 4.79 Å². The van der Waals surface area contributed by atoms with Gasteiger partial charge >= 0.3 is 0 Å². The van der Waals surface area contributed by atoms with Crippen LogP contribution in [-0.2, 0) is 4.79 Å². The molecule has 0 N–H and O–H groups in total.